The first-order valence-corrected chi connectivity index (χ1v) is 16.2. The molecule has 0 saturated heterocycles. The van der Waals surface area contributed by atoms with Crippen LogP contribution in [-0.2, 0) is 24.9 Å². The number of fused-ring (bicyclic) bond motifs is 2. The first-order valence-electron chi connectivity index (χ1n) is 16.2. The molecule has 3 aliphatic carbocycles. The van der Waals surface area contributed by atoms with Gasteiger partial charge in [-0.2, -0.15) is 0 Å². The molecule has 5 heteroatoms. The van der Waals surface area contributed by atoms with Crippen molar-refractivity contribution >= 4 is 27.5 Å². The van der Waals surface area contributed by atoms with E-state index in [-0.39, 0.29) is 45.2 Å². The van der Waals surface area contributed by atoms with E-state index in [1.807, 2.05) is 6.07 Å². The van der Waals surface area contributed by atoms with Crippen LogP contribution in [-0.4, -0.2) is 20.9 Å². The van der Waals surface area contributed by atoms with Crippen LogP contribution in [0, 0.1) is 23.8 Å². The van der Waals surface area contributed by atoms with Gasteiger partial charge in [-0.1, -0.05) is 94.7 Å². The van der Waals surface area contributed by atoms with Crippen LogP contribution in [0.1, 0.15) is 103 Å². The maximum absolute atomic E-state index is 11.8. The van der Waals surface area contributed by atoms with E-state index >= 15 is 0 Å². The molecule has 4 nitrogen and oxygen atoms in total. The maximum Gasteiger partial charge on any atom is 0.162 e. The Balaban J connectivity index is 0.000000223. The molecule has 0 atom stereocenters. The number of aromatic nitrogens is 2. The molecule has 235 valence electrons. The second kappa shape index (κ2) is 15.9. The Kier molecular flexibility index (Phi) is 12.3. The topological polar surface area (TPSA) is 63.1 Å². The Morgan fingerprint density at radius 3 is 2.25 bits per heavy atom. The SMILES string of the molecule is C.CC1CCC(c2ccc3ncnc(-c4[c-]ccc5ccccc45)c3c2)CC1.O=C(C=C(O)C1CCCC1)C1CCCC1.[Ir]. The van der Waals surface area contributed by atoms with Crippen LogP contribution >= 0.6 is 0 Å². The molecule has 0 bridgehead atoms. The van der Waals surface area contributed by atoms with Crippen molar-refractivity contribution in [3.8, 4) is 11.3 Å². The minimum absolute atomic E-state index is 0. The molecule has 3 aliphatic rings. The molecule has 3 fully saturated rings. The molecule has 44 heavy (non-hydrogen) atoms. The van der Waals surface area contributed by atoms with Gasteiger partial charge in [0.05, 0.1) is 11.3 Å². The van der Waals surface area contributed by atoms with Gasteiger partial charge in [0.25, 0.3) is 0 Å². The Morgan fingerprint density at radius 1 is 0.841 bits per heavy atom. The van der Waals surface area contributed by atoms with E-state index in [9.17, 15) is 9.90 Å². The number of carbonyl (C=O) groups is 1. The second-order valence-electron chi connectivity index (χ2n) is 12.8. The number of hydrogen-bond acceptors (Lipinski definition) is 4. The van der Waals surface area contributed by atoms with Crippen molar-refractivity contribution < 1.29 is 30.0 Å². The van der Waals surface area contributed by atoms with Gasteiger partial charge in [-0.15, -0.1) is 29.1 Å². The molecule has 0 aliphatic heterocycles. The van der Waals surface area contributed by atoms with E-state index in [0.717, 1.165) is 53.8 Å². The smallest absolute Gasteiger partial charge is 0.162 e. The van der Waals surface area contributed by atoms with Gasteiger partial charge in [-0.25, -0.2) is 4.98 Å². The van der Waals surface area contributed by atoms with Crippen molar-refractivity contribution in [3.63, 3.8) is 0 Å². The molecule has 7 rings (SSSR count). The first kappa shape index (κ1) is 34.0. The summed E-state index contributed by atoms with van der Waals surface area (Å²) in [5.74, 6) is 2.52. The molecule has 0 amide bonds. The third kappa shape index (κ3) is 7.85. The summed E-state index contributed by atoms with van der Waals surface area (Å²) in [5, 5.41) is 13.4. The number of hydrogen-bond donors (Lipinski definition) is 1. The fraction of sp³-hybridized carbons (Fsp3) is 0.462. The summed E-state index contributed by atoms with van der Waals surface area (Å²) in [4.78, 5) is 21.0. The van der Waals surface area contributed by atoms with Crippen LogP contribution in [0.3, 0.4) is 0 Å². The summed E-state index contributed by atoms with van der Waals surface area (Å²) in [6.07, 6.45) is 17.3. The number of carbonyl (C=O) groups excluding carboxylic acids is 1. The summed E-state index contributed by atoms with van der Waals surface area (Å²) in [7, 11) is 0. The van der Waals surface area contributed by atoms with Gasteiger partial charge < -0.3 is 5.11 Å². The average molecular weight is 768 g/mol. The number of allylic oxidation sites excluding steroid dienone is 2. The summed E-state index contributed by atoms with van der Waals surface area (Å²) < 4.78 is 0. The van der Waals surface area contributed by atoms with Crippen molar-refractivity contribution in [1.82, 2.24) is 9.97 Å². The summed E-state index contributed by atoms with van der Waals surface area (Å²) >= 11 is 0. The van der Waals surface area contributed by atoms with Crippen LogP contribution < -0.4 is 0 Å². The largest absolute Gasteiger partial charge is 0.512 e. The van der Waals surface area contributed by atoms with Crippen LogP contribution in [0.15, 0.2) is 72.8 Å². The Bertz CT molecular complexity index is 1560. The predicted molar refractivity (Wildman–Crippen MR) is 178 cm³/mol. The van der Waals surface area contributed by atoms with Crippen LogP contribution in [0.5, 0.6) is 0 Å². The van der Waals surface area contributed by atoms with E-state index in [4.69, 9.17) is 0 Å². The van der Waals surface area contributed by atoms with Gasteiger partial charge in [0, 0.05) is 38.0 Å². The average Bonchev–Trinajstić information content (AvgIpc) is 3.77. The van der Waals surface area contributed by atoms with Crippen molar-refractivity contribution in [2.24, 2.45) is 17.8 Å². The Hall–Kier alpha value is -2.88. The van der Waals surface area contributed by atoms with Gasteiger partial charge in [-0.3, -0.25) is 9.78 Å². The third-order valence-electron chi connectivity index (χ3n) is 9.93. The van der Waals surface area contributed by atoms with Crippen LogP contribution in [0.2, 0.25) is 0 Å². The van der Waals surface area contributed by atoms with Gasteiger partial charge in [-0.05, 0) is 73.1 Å². The molecule has 1 aromatic heterocycles. The minimum atomic E-state index is 0. The van der Waals surface area contributed by atoms with Crippen LogP contribution in [0.25, 0.3) is 32.9 Å². The van der Waals surface area contributed by atoms with E-state index in [1.165, 1.54) is 73.8 Å². The molecule has 0 spiro atoms. The summed E-state index contributed by atoms with van der Waals surface area (Å²) in [6, 6.07) is 22.8. The fourth-order valence-corrected chi connectivity index (χ4v) is 7.29. The Labute approximate surface area is 277 Å². The number of aliphatic hydroxyl groups excluding tert-OH is 1. The van der Waals surface area contributed by atoms with Gasteiger partial charge in [0.2, 0.25) is 0 Å². The monoisotopic (exact) mass is 768 g/mol. The van der Waals surface area contributed by atoms with Crippen LogP contribution in [0.4, 0.5) is 0 Å². The number of benzene rings is 3. The minimum Gasteiger partial charge on any atom is -0.512 e. The summed E-state index contributed by atoms with van der Waals surface area (Å²) in [6.45, 7) is 2.37. The van der Waals surface area contributed by atoms with E-state index < -0.39 is 0 Å². The molecule has 4 aromatic rings. The van der Waals surface area contributed by atoms with Crippen molar-refractivity contribution in [2.45, 2.75) is 97.3 Å². The predicted octanol–water partition coefficient (Wildman–Crippen LogP) is 10.6. The maximum atomic E-state index is 11.8. The number of ketones is 1. The van der Waals surface area contributed by atoms with E-state index in [2.05, 4.69) is 71.5 Å². The zero-order chi connectivity index (χ0) is 28.9. The summed E-state index contributed by atoms with van der Waals surface area (Å²) in [5.41, 5.74) is 4.50. The van der Waals surface area contributed by atoms with Crippen molar-refractivity contribution in [2.75, 3.05) is 0 Å². The quantitative estimate of drug-likeness (QED) is 0.125. The fourth-order valence-electron chi connectivity index (χ4n) is 7.29. The van der Waals surface area contributed by atoms with E-state index in [1.54, 1.807) is 6.33 Å². The molecule has 1 radical (unpaired) electrons. The standard InChI is InChI=1S/C25H23N2.C13H20O2.CH4.Ir/c1-17-9-11-18(12-10-17)20-13-14-24-23(15-20)25(27-16-26-24)22-8-4-6-19-5-2-3-7-21(19)22;14-12(10-5-1-2-6-10)9-13(15)11-7-3-4-8-11;;/h2-7,13-18H,9-12H2,1H3;9-11,14H,1-8H2;1H4;/q-1;;;. The molecule has 1 N–H and O–H groups in total. The van der Waals surface area contributed by atoms with Gasteiger partial charge >= 0.3 is 0 Å². The van der Waals surface area contributed by atoms with Gasteiger partial charge in [0.1, 0.15) is 6.33 Å². The molecule has 1 heterocycles. The van der Waals surface area contributed by atoms with Gasteiger partial charge in [0.15, 0.2) is 5.78 Å². The number of aliphatic hydroxyl groups is 1. The van der Waals surface area contributed by atoms with E-state index in [0.29, 0.717) is 11.7 Å². The molecule has 3 saturated carbocycles. The zero-order valence-electron chi connectivity index (χ0n) is 25.2. The first-order chi connectivity index (χ1) is 20.6. The number of rotatable bonds is 5. The second-order valence-corrected chi connectivity index (χ2v) is 12.8. The van der Waals surface area contributed by atoms with Crippen molar-refractivity contribution in [1.29, 1.82) is 0 Å². The third-order valence-corrected chi connectivity index (χ3v) is 9.93. The molecule has 0 unspecified atom stereocenters. The molecular formula is C39H47IrN2O2-. The number of nitrogens with zero attached hydrogens (tertiary/aromatic N) is 2. The molecule has 3 aromatic carbocycles. The zero-order valence-corrected chi connectivity index (χ0v) is 27.6. The molecular weight excluding hydrogens is 721 g/mol. The Morgan fingerprint density at radius 2 is 1.52 bits per heavy atom. The van der Waals surface area contributed by atoms with Crippen molar-refractivity contribution in [3.05, 3.63) is 84.4 Å². The normalized spacial score (nSPS) is 20.9.